The first kappa shape index (κ1) is 10.5. The molecule has 1 aliphatic heterocycles. The molecule has 0 radical (unpaired) electrons. The lowest BCUT2D eigenvalue weighted by Gasteiger charge is -2.08. The fraction of sp³-hybridized carbons (Fsp3) is 0.0625. The van der Waals surface area contributed by atoms with Crippen molar-refractivity contribution in [1.29, 1.82) is 0 Å². The van der Waals surface area contributed by atoms with E-state index in [2.05, 4.69) is 35.3 Å². The molecule has 2 heterocycles. The standard InChI is InChI=1S/C16H9NO2S/c1-2-4-10-9(3-1)11-6-14-13(17-7-20-14)5-12(11)16-15(10)18-8-19-16/h1-7H,8H2. The Morgan fingerprint density at radius 2 is 1.70 bits per heavy atom. The van der Waals surface area contributed by atoms with Crippen molar-refractivity contribution in [3.05, 3.63) is 41.9 Å². The van der Waals surface area contributed by atoms with Crippen LogP contribution in [0.1, 0.15) is 0 Å². The van der Waals surface area contributed by atoms with E-state index in [4.69, 9.17) is 9.47 Å². The zero-order valence-corrected chi connectivity index (χ0v) is 11.2. The Bertz CT molecular complexity index is 990. The highest BCUT2D eigenvalue weighted by molar-refractivity contribution is 7.16. The van der Waals surface area contributed by atoms with E-state index in [1.165, 1.54) is 15.5 Å². The molecule has 3 nitrogen and oxygen atoms in total. The molecule has 0 N–H and O–H groups in total. The van der Waals surface area contributed by atoms with E-state index >= 15 is 0 Å². The number of nitrogens with zero attached hydrogens (tertiary/aromatic N) is 1. The van der Waals surface area contributed by atoms with E-state index in [9.17, 15) is 0 Å². The topological polar surface area (TPSA) is 31.4 Å². The van der Waals surface area contributed by atoms with E-state index in [1.807, 2.05) is 11.6 Å². The zero-order chi connectivity index (χ0) is 13.1. The zero-order valence-electron chi connectivity index (χ0n) is 10.4. The summed E-state index contributed by atoms with van der Waals surface area (Å²) in [6.45, 7) is 0.285. The molecule has 20 heavy (non-hydrogen) atoms. The van der Waals surface area contributed by atoms with Crippen LogP contribution in [0.5, 0.6) is 11.5 Å². The molecule has 0 spiro atoms. The Hall–Kier alpha value is -2.33. The molecule has 0 saturated carbocycles. The fourth-order valence-corrected chi connectivity index (χ4v) is 3.61. The van der Waals surface area contributed by atoms with E-state index in [1.54, 1.807) is 11.3 Å². The third-order valence-electron chi connectivity index (χ3n) is 3.79. The van der Waals surface area contributed by atoms with Crippen molar-refractivity contribution >= 4 is 43.1 Å². The van der Waals surface area contributed by atoms with E-state index < -0.39 is 0 Å². The summed E-state index contributed by atoms with van der Waals surface area (Å²) in [6, 6.07) is 12.6. The van der Waals surface area contributed by atoms with Crippen molar-refractivity contribution in [3.8, 4) is 11.5 Å². The van der Waals surface area contributed by atoms with Crippen LogP contribution in [0, 0.1) is 0 Å². The number of benzene rings is 3. The smallest absolute Gasteiger partial charge is 0.231 e. The van der Waals surface area contributed by atoms with Crippen LogP contribution >= 0.6 is 11.3 Å². The third-order valence-corrected chi connectivity index (χ3v) is 4.58. The summed E-state index contributed by atoms with van der Waals surface area (Å²) < 4.78 is 12.6. The van der Waals surface area contributed by atoms with Crippen molar-refractivity contribution in [2.24, 2.45) is 0 Å². The molecule has 3 aromatic carbocycles. The van der Waals surface area contributed by atoms with Gasteiger partial charge in [-0.1, -0.05) is 24.3 Å². The van der Waals surface area contributed by atoms with Crippen LogP contribution < -0.4 is 9.47 Å². The summed E-state index contributed by atoms with van der Waals surface area (Å²) in [5.74, 6) is 1.69. The van der Waals surface area contributed by atoms with Gasteiger partial charge < -0.3 is 9.47 Å². The summed E-state index contributed by atoms with van der Waals surface area (Å²) in [7, 11) is 0. The van der Waals surface area contributed by atoms with Gasteiger partial charge in [0.1, 0.15) is 0 Å². The molecule has 4 aromatic rings. The SMILES string of the molecule is c1ccc2c(c1)c1c(c3cc4ncsc4cc32)OCO1. The highest BCUT2D eigenvalue weighted by Gasteiger charge is 2.22. The highest BCUT2D eigenvalue weighted by Crippen LogP contribution is 2.47. The molecule has 5 rings (SSSR count). The van der Waals surface area contributed by atoms with Crippen LogP contribution in [-0.2, 0) is 0 Å². The van der Waals surface area contributed by atoms with Gasteiger partial charge in [0.2, 0.25) is 6.79 Å². The van der Waals surface area contributed by atoms with Gasteiger partial charge in [-0.2, -0.15) is 0 Å². The van der Waals surface area contributed by atoms with E-state index in [0.717, 1.165) is 27.8 Å². The monoisotopic (exact) mass is 279 g/mol. The quantitative estimate of drug-likeness (QED) is 0.449. The molecule has 0 unspecified atom stereocenters. The van der Waals surface area contributed by atoms with Crippen LogP contribution in [0.15, 0.2) is 41.9 Å². The molecule has 0 atom stereocenters. The molecular weight excluding hydrogens is 270 g/mol. The van der Waals surface area contributed by atoms with Crippen molar-refractivity contribution in [1.82, 2.24) is 4.98 Å². The largest absolute Gasteiger partial charge is 0.453 e. The van der Waals surface area contributed by atoms with Gasteiger partial charge >= 0.3 is 0 Å². The second-order valence-corrected chi connectivity index (χ2v) is 5.71. The molecule has 0 aliphatic carbocycles. The van der Waals surface area contributed by atoms with Gasteiger partial charge in [-0.3, -0.25) is 0 Å². The van der Waals surface area contributed by atoms with Crippen LogP contribution in [0.2, 0.25) is 0 Å². The van der Waals surface area contributed by atoms with Crippen LogP contribution in [0.4, 0.5) is 0 Å². The fourth-order valence-electron chi connectivity index (χ4n) is 2.91. The Labute approximate surface area is 118 Å². The minimum Gasteiger partial charge on any atom is -0.453 e. The highest BCUT2D eigenvalue weighted by atomic mass is 32.1. The van der Waals surface area contributed by atoms with Gasteiger partial charge in [-0.15, -0.1) is 11.3 Å². The van der Waals surface area contributed by atoms with Crippen molar-refractivity contribution in [2.75, 3.05) is 6.79 Å². The number of aromatic nitrogens is 1. The molecule has 4 heteroatoms. The van der Waals surface area contributed by atoms with Crippen molar-refractivity contribution in [2.45, 2.75) is 0 Å². The summed E-state index contributed by atoms with van der Waals surface area (Å²) in [6.07, 6.45) is 0. The Kier molecular flexibility index (Phi) is 1.89. The number of rotatable bonds is 0. The molecule has 1 aliphatic rings. The Morgan fingerprint density at radius 3 is 2.60 bits per heavy atom. The lowest BCUT2D eigenvalue weighted by atomic mass is 10.00. The van der Waals surface area contributed by atoms with Gasteiger partial charge in [0.25, 0.3) is 0 Å². The third kappa shape index (κ3) is 1.22. The van der Waals surface area contributed by atoms with Gasteiger partial charge in [0, 0.05) is 10.8 Å². The van der Waals surface area contributed by atoms with Crippen molar-refractivity contribution < 1.29 is 9.47 Å². The van der Waals surface area contributed by atoms with Gasteiger partial charge in [-0.25, -0.2) is 4.98 Å². The summed E-state index contributed by atoms with van der Waals surface area (Å²) in [4.78, 5) is 4.40. The second-order valence-electron chi connectivity index (χ2n) is 4.83. The number of hydrogen-bond donors (Lipinski definition) is 0. The van der Waals surface area contributed by atoms with E-state index in [-0.39, 0.29) is 6.79 Å². The maximum Gasteiger partial charge on any atom is 0.231 e. The minimum atomic E-state index is 0.285. The van der Waals surface area contributed by atoms with Gasteiger partial charge in [0.05, 0.1) is 15.7 Å². The molecule has 0 amide bonds. The first-order valence-corrected chi connectivity index (χ1v) is 7.27. The average molecular weight is 279 g/mol. The molecule has 96 valence electrons. The van der Waals surface area contributed by atoms with Gasteiger partial charge in [0.15, 0.2) is 11.5 Å². The van der Waals surface area contributed by atoms with Crippen LogP contribution in [-0.4, -0.2) is 11.8 Å². The molecule has 1 aromatic heterocycles. The van der Waals surface area contributed by atoms with Gasteiger partial charge in [-0.05, 0) is 22.9 Å². The predicted octanol–water partition coefficient (Wildman–Crippen LogP) is 4.33. The lowest BCUT2D eigenvalue weighted by Crippen LogP contribution is -1.93. The Morgan fingerprint density at radius 1 is 0.900 bits per heavy atom. The molecule has 0 fully saturated rings. The predicted molar refractivity (Wildman–Crippen MR) is 80.8 cm³/mol. The molecular formula is C16H9NO2S. The number of fused-ring (bicyclic) bond motifs is 7. The van der Waals surface area contributed by atoms with Crippen LogP contribution in [0.3, 0.4) is 0 Å². The minimum absolute atomic E-state index is 0.285. The lowest BCUT2D eigenvalue weighted by molar-refractivity contribution is 0.175. The van der Waals surface area contributed by atoms with Crippen molar-refractivity contribution in [3.63, 3.8) is 0 Å². The molecule has 0 bridgehead atoms. The van der Waals surface area contributed by atoms with Crippen LogP contribution in [0.25, 0.3) is 31.8 Å². The summed E-state index contributed by atoms with van der Waals surface area (Å²) >= 11 is 1.66. The summed E-state index contributed by atoms with van der Waals surface area (Å²) in [5.41, 5.74) is 2.89. The second kappa shape index (κ2) is 3.61. The average Bonchev–Trinajstić information content (AvgIpc) is 3.14. The Balaban J connectivity index is 2.12. The maximum atomic E-state index is 5.70. The first-order chi connectivity index (χ1) is 9.92. The molecule has 0 saturated heterocycles. The summed E-state index contributed by atoms with van der Waals surface area (Å²) in [5, 5.41) is 4.58. The normalized spacial score (nSPS) is 13.6. The maximum absolute atomic E-state index is 5.70. The number of ether oxygens (including phenoxy) is 2. The van der Waals surface area contributed by atoms with E-state index in [0.29, 0.717) is 0 Å². The first-order valence-electron chi connectivity index (χ1n) is 6.39. The number of hydrogen-bond acceptors (Lipinski definition) is 4. The number of thiazole rings is 1.